The molecule has 0 aromatic carbocycles. The molecule has 0 saturated carbocycles. The van der Waals surface area contributed by atoms with E-state index < -0.39 is 0 Å². The summed E-state index contributed by atoms with van der Waals surface area (Å²) in [6.45, 7) is 5.01. The van der Waals surface area contributed by atoms with Gasteiger partial charge in [-0.2, -0.15) is 5.26 Å². The molecule has 0 bridgehead atoms. The first-order valence-corrected chi connectivity index (χ1v) is 6.63. The number of nitrogens with one attached hydrogen (secondary N) is 1. The zero-order valence-corrected chi connectivity index (χ0v) is 11.2. The van der Waals surface area contributed by atoms with Crippen LogP contribution in [-0.4, -0.2) is 16.5 Å². The lowest BCUT2D eigenvalue weighted by Crippen LogP contribution is -2.05. The Hall–Kier alpha value is -1.93. The van der Waals surface area contributed by atoms with Gasteiger partial charge < -0.3 is 5.32 Å². The molecule has 0 unspecified atom stereocenters. The van der Waals surface area contributed by atoms with Crippen molar-refractivity contribution in [3.63, 3.8) is 0 Å². The average molecular weight is 258 g/mol. The smallest absolute Gasteiger partial charge is 0.132 e. The van der Waals surface area contributed by atoms with Gasteiger partial charge >= 0.3 is 0 Å². The molecule has 92 valence electrons. The molecule has 0 saturated heterocycles. The van der Waals surface area contributed by atoms with Crippen LogP contribution in [0.3, 0.4) is 0 Å². The first-order chi connectivity index (χ1) is 8.76. The molecule has 4 nitrogen and oxygen atoms in total. The third-order valence-corrected chi connectivity index (χ3v) is 3.57. The number of thiophene rings is 1. The van der Waals surface area contributed by atoms with E-state index >= 15 is 0 Å². The van der Waals surface area contributed by atoms with Crippen molar-refractivity contribution < 1.29 is 0 Å². The SMILES string of the molecule is CCCNc1ncnc(-c2ccc(C#N)s2)c1C. The van der Waals surface area contributed by atoms with E-state index in [1.807, 2.05) is 19.1 Å². The lowest BCUT2D eigenvalue weighted by atomic mass is 10.2. The first-order valence-electron chi connectivity index (χ1n) is 5.82. The van der Waals surface area contributed by atoms with Crippen LogP contribution in [0.1, 0.15) is 23.8 Å². The number of nitrogens with zero attached hydrogens (tertiary/aromatic N) is 3. The predicted octanol–water partition coefficient (Wildman–Crippen LogP) is 3.21. The normalized spacial score (nSPS) is 10.1. The van der Waals surface area contributed by atoms with Gasteiger partial charge in [-0.1, -0.05) is 6.92 Å². The minimum Gasteiger partial charge on any atom is -0.370 e. The fourth-order valence-electron chi connectivity index (χ4n) is 1.65. The summed E-state index contributed by atoms with van der Waals surface area (Å²) in [6.07, 6.45) is 2.61. The van der Waals surface area contributed by atoms with Gasteiger partial charge in [-0.3, -0.25) is 0 Å². The van der Waals surface area contributed by atoms with Gasteiger partial charge in [0.2, 0.25) is 0 Å². The maximum Gasteiger partial charge on any atom is 0.132 e. The van der Waals surface area contributed by atoms with Crippen molar-refractivity contribution in [3.05, 3.63) is 28.9 Å². The highest BCUT2D eigenvalue weighted by molar-refractivity contribution is 7.16. The van der Waals surface area contributed by atoms with Gasteiger partial charge in [0.1, 0.15) is 23.1 Å². The quantitative estimate of drug-likeness (QED) is 0.914. The average Bonchev–Trinajstić information content (AvgIpc) is 2.86. The summed E-state index contributed by atoms with van der Waals surface area (Å²) in [7, 11) is 0. The molecule has 2 aromatic rings. The number of hydrogen-bond acceptors (Lipinski definition) is 5. The van der Waals surface area contributed by atoms with E-state index in [2.05, 4.69) is 28.3 Å². The monoisotopic (exact) mass is 258 g/mol. The van der Waals surface area contributed by atoms with Crippen LogP contribution in [0, 0.1) is 18.3 Å². The van der Waals surface area contributed by atoms with Crippen LogP contribution in [0.4, 0.5) is 5.82 Å². The van der Waals surface area contributed by atoms with E-state index in [0.717, 1.165) is 34.9 Å². The molecule has 0 fully saturated rings. The molecule has 0 radical (unpaired) electrons. The molecule has 1 N–H and O–H groups in total. The van der Waals surface area contributed by atoms with Crippen molar-refractivity contribution in [2.24, 2.45) is 0 Å². The van der Waals surface area contributed by atoms with E-state index in [4.69, 9.17) is 5.26 Å². The number of rotatable bonds is 4. The van der Waals surface area contributed by atoms with Gasteiger partial charge in [0.25, 0.3) is 0 Å². The highest BCUT2D eigenvalue weighted by Gasteiger charge is 2.10. The summed E-state index contributed by atoms with van der Waals surface area (Å²) < 4.78 is 0. The van der Waals surface area contributed by atoms with E-state index in [9.17, 15) is 0 Å². The van der Waals surface area contributed by atoms with Crippen molar-refractivity contribution in [1.82, 2.24) is 9.97 Å². The third-order valence-electron chi connectivity index (χ3n) is 2.58. The maximum atomic E-state index is 8.85. The van der Waals surface area contributed by atoms with Crippen LogP contribution in [0.5, 0.6) is 0 Å². The first kappa shape index (κ1) is 12.5. The minimum atomic E-state index is 0.700. The predicted molar refractivity (Wildman–Crippen MR) is 73.6 cm³/mol. The second kappa shape index (κ2) is 5.61. The Balaban J connectivity index is 2.36. The molecule has 0 aliphatic carbocycles. The summed E-state index contributed by atoms with van der Waals surface area (Å²) in [5.74, 6) is 0.869. The fourth-order valence-corrected chi connectivity index (χ4v) is 2.50. The van der Waals surface area contributed by atoms with Gasteiger partial charge in [0, 0.05) is 12.1 Å². The van der Waals surface area contributed by atoms with Crippen LogP contribution < -0.4 is 5.32 Å². The van der Waals surface area contributed by atoms with Gasteiger partial charge in [-0.05, 0) is 25.5 Å². The largest absolute Gasteiger partial charge is 0.370 e. The van der Waals surface area contributed by atoms with Crippen molar-refractivity contribution in [2.75, 3.05) is 11.9 Å². The molecular weight excluding hydrogens is 244 g/mol. The lowest BCUT2D eigenvalue weighted by Gasteiger charge is -2.09. The number of aromatic nitrogens is 2. The standard InChI is InChI=1S/C13H14N4S/c1-3-6-15-13-9(2)12(16-8-17-13)11-5-4-10(7-14)18-11/h4-5,8H,3,6H2,1-2H3,(H,15,16,17). The zero-order valence-electron chi connectivity index (χ0n) is 10.4. The van der Waals surface area contributed by atoms with Gasteiger partial charge in [-0.15, -0.1) is 11.3 Å². The Morgan fingerprint density at radius 1 is 1.39 bits per heavy atom. The molecule has 18 heavy (non-hydrogen) atoms. The molecule has 0 spiro atoms. The topological polar surface area (TPSA) is 61.6 Å². The summed E-state index contributed by atoms with van der Waals surface area (Å²) in [5, 5.41) is 12.1. The third kappa shape index (κ3) is 2.49. The summed E-state index contributed by atoms with van der Waals surface area (Å²) >= 11 is 1.45. The molecule has 0 atom stereocenters. The van der Waals surface area contributed by atoms with Crippen LogP contribution in [0.25, 0.3) is 10.6 Å². The molecule has 0 aliphatic rings. The van der Waals surface area contributed by atoms with E-state index in [0.29, 0.717) is 4.88 Å². The summed E-state index contributed by atoms with van der Waals surface area (Å²) in [6, 6.07) is 5.90. The Kier molecular flexibility index (Phi) is 3.90. The maximum absolute atomic E-state index is 8.85. The molecule has 2 heterocycles. The van der Waals surface area contributed by atoms with E-state index in [1.165, 1.54) is 11.3 Å². The Morgan fingerprint density at radius 3 is 2.89 bits per heavy atom. The van der Waals surface area contributed by atoms with Crippen molar-refractivity contribution in [1.29, 1.82) is 5.26 Å². The molecule has 2 aromatic heterocycles. The number of hydrogen-bond donors (Lipinski definition) is 1. The molecule has 5 heteroatoms. The van der Waals surface area contributed by atoms with Gasteiger partial charge in [0.15, 0.2) is 0 Å². The summed E-state index contributed by atoms with van der Waals surface area (Å²) in [4.78, 5) is 10.3. The molecule has 2 rings (SSSR count). The van der Waals surface area contributed by atoms with Gasteiger partial charge in [-0.25, -0.2) is 9.97 Å². The highest BCUT2D eigenvalue weighted by Crippen LogP contribution is 2.30. The Labute approximate surface area is 110 Å². The van der Waals surface area contributed by atoms with Crippen LogP contribution in [-0.2, 0) is 0 Å². The van der Waals surface area contributed by atoms with Crippen LogP contribution in [0.15, 0.2) is 18.5 Å². The number of nitriles is 1. The second-order valence-corrected chi connectivity index (χ2v) is 4.98. The van der Waals surface area contributed by atoms with Crippen molar-refractivity contribution in [3.8, 4) is 16.6 Å². The molecule has 0 aliphatic heterocycles. The zero-order chi connectivity index (χ0) is 13.0. The molecule has 0 amide bonds. The van der Waals surface area contributed by atoms with Crippen LogP contribution in [0.2, 0.25) is 0 Å². The lowest BCUT2D eigenvalue weighted by molar-refractivity contribution is 0.960. The highest BCUT2D eigenvalue weighted by atomic mass is 32.1. The van der Waals surface area contributed by atoms with Gasteiger partial charge in [0.05, 0.1) is 10.6 Å². The Bertz CT molecular complexity index is 583. The fraction of sp³-hybridized carbons (Fsp3) is 0.308. The van der Waals surface area contributed by atoms with Crippen molar-refractivity contribution >= 4 is 17.2 Å². The van der Waals surface area contributed by atoms with Crippen LogP contribution >= 0.6 is 11.3 Å². The summed E-state index contributed by atoms with van der Waals surface area (Å²) in [5.41, 5.74) is 1.92. The Morgan fingerprint density at radius 2 is 2.22 bits per heavy atom. The van der Waals surface area contributed by atoms with E-state index in [-0.39, 0.29) is 0 Å². The van der Waals surface area contributed by atoms with Crippen molar-refractivity contribution in [2.45, 2.75) is 20.3 Å². The minimum absolute atomic E-state index is 0.700. The number of anilines is 1. The second-order valence-electron chi connectivity index (χ2n) is 3.90. The van der Waals surface area contributed by atoms with E-state index in [1.54, 1.807) is 6.33 Å². The molecular formula is C13H14N4S.